The Morgan fingerprint density at radius 1 is 1.07 bits per heavy atom. The van der Waals surface area contributed by atoms with Gasteiger partial charge in [0, 0.05) is 25.4 Å². The quantitative estimate of drug-likeness (QED) is 0.692. The van der Waals surface area contributed by atoms with Crippen molar-refractivity contribution in [2.24, 2.45) is 0 Å². The van der Waals surface area contributed by atoms with Gasteiger partial charge in [0.05, 0.1) is 4.90 Å². The fourth-order valence-electron chi connectivity index (χ4n) is 2.70. The summed E-state index contributed by atoms with van der Waals surface area (Å²) >= 11 is 0. The third-order valence-corrected chi connectivity index (χ3v) is 5.92. The van der Waals surface area contributed by atoms with Crippen molar-refractivity contribution in [1.29, 1.82) is 0 Å². The van der Waals surface area contributed by atoms with E-state index in [1.807, 2.05) is 0 Å². The van der Waals surface area contributed by atoms with Crippen LogP contribution in [0.3, 0.4) is 0 Å². The summed E-state index contributed by atoms with van der Waals surface area (Å²) in [7, 11) is -4.58. The molecule has 5 nitrogen and oxygen atoms in total. The molecule has 0 spiro atoms. The van der Waals surface area contributed by atoms with E-state index >= 15 is 0 Å². The standard InChI is InChI=1S/C17H18F4N2O3S/c1-3-22-11-14(9-10-15(22)24)27(25,26)23(4-2)16(17(19,20)21)12-5-7-13(18)8-6-12/h5-11,16H,3-4H2,1-2H3. The highest BCUT2D eigenvalue weighted by atomic mass is 32.2. The molecule has 0 aliphatic rings. The van der Waals surface area contributed by atoms with E-state index in [0.717, 1.165) is 47.2 Å². The van der Waals surface area contributed by atoms with E-state index in [1.165, 1.54) is 6.92 Å². The first-order valence-corrected chi connectivity index (χ1v) is 9.50. The van der Waals surface area contributed by atoms with E-state index in [-0.39, 0.29) is 6.54 Å². The molecule has 1 unspecified atom stereocenters. The van der Waals surface area contributed by atoms with Crippen molar-refractivity contribution in [1.82, 2.24) is 8.87 Å². The Balaban J connectivity index is 2.62. The molecule has 0 radical (unpaired) electrons. The Morgan fingerprint density at radius 2 is 1.67 bits per heavy atom. The molecule has 1 aromatic heterocycles. The zero-order chi connectivity index (χ0) is 20.4. The number of hydrogen-bond donors (Lipinski definition) is 0. The van der Waals surface area contributed by atoms with E-state index in [1.54, 1.807) is 6.92 Å². The molecule has 2 rings (SSSR count). The second-order valence-corrected chi connectivity index (χ2v) is 7.58. The number of rotatable bonds is 6. The van der Waals surface area contributed by atoms with Gasteiger partial charge in [0.2, 0.25) is 10.0 Å². The van der Waals surface area contributed by atoms with Crippen molar-refractivity contribution in [2.75, 3.05) is 6.54 Å². The number of hydrogen-bond acceptors (Lipinski definition) is 3. The van der Waals surface area contributed by atoms with Gasteiger partial charge in [0.15, 0.2) is 0 Å². The number of alkyl halides is 3. The van der Waals surface area contributed by atoms with E-state index < -0.39 is 50.6 Å². The minimum atomic E-state index is -4.93. The van der Waals surface area contributed by atoms with Gasteiger partial charge in [-0.15, -0.1) is 0 Å². The van der Waals surface area contributed by atoms with Gasteiger partial charge >= 0.3 is 6.18 Å². The molecule has 0 amide bonds. The van der Waals surface area contributed by atoms with Crippen molar-refractivity contribution in [3.05, 3.63) is 64.3 Å². The van der Waals surface area contributed by atoms with E-state index in [9.17, 15) is 30.8 Å². The number of sulfonamides is 1. The summed E-state index contributed by atoms with van der Waals surface area (Å²) in [6.07, 6.45) is -3.92. The Bertz CT molecular complexity index is 953. The number of pyridine rings is 1. The lowest BCUT2D eigenvalue weighted by molar-refractivity contribution is -0.173. The molecule has 0 saturated carbocycles. The first-order valence-electron chi connectivity index (χ1n) is 8.06. The molecule has 10 heteroatoms. The van der Waals surface area contributed by atoms with Crippen molar-refractivity contribution in [3.63, 3.8) is 0 Å². The molecular formula is C17H18F4N2O3S. The average Bonchev–Trinajstić information content (AvgIpc) is 2.59. The van der Waals surface area contributed by atoms with Gasteiger partial charge in [-0.3, -0.25) is 4.79 Å². The van der Waals surface area contributed by atoms with Crippen LogP contribution >= 0.6 is 0 Å². The topological polar surface area (TPSA) is 59.4 Å². The lowest BCUT2D eigenvalue weighted by Gasteiger charge is -2.31. The summed E-state index contributed by atoms with van der Waals surface area (Å²) in [5.74, 6) is -0.736. The molecule has 0 saturated heterocycles. The Labute approximate surface area is 153 Å². The fraction of sp³-hybridized carbons (Fsp3) is 0.353. The molecular weight excluding hydrogens is 388 g/mol. The third kappa shape index (κ3) is 4.38. The van der Waals surface area contributed by atoms with Crippen molar-refractivity contribution in [3.8, 4) is 0 Å². The molecule has 0 aliphatic carbocycles. The van der Waals surface area contributed by atoms with Crippen molar-refractivity contribution >= 4 is 10.0 Å². The van der Waals surface area contributed by atoms with Crippen LogP contribution in [-0.2, 0) is 16.6 Å². The highest BCUT2D eigenvalue weighted by Gasteiger charge is 2.48. The predicted octanol–water partition coefficient (Wildman–Crippen LogP) is 3.32. The number of nitrogens with zero attached hydrogens (tertiary/aromatic N) is 2. The second-order valence-electron chi connectivity index (χ2n) is 5.69. The largest absolute Gasteiger partial charge is 0.409 e. The smallest absolute Gasteiger partial charge is 0.314 e. The van der Waals surface area contributed by atoms with Gasteiger partial charge < -0.3 is 4.57 Å². The molecule has 27 heavy (non-hydrogen) atoms. The zero-order valence-corrected chi connectivity index (χ0v) is 15.4. The minimum Gasteiger partial charge on any atom is -0.314 e. The Hall–Kier alpha value is -2.20. The first-order chi connectivity index (χ1) is 12.5. The van der Waals surface area contributed by atoms with Crippen LogP contribution in [0.5, 0.6) is 0 Å². The van der Waals surface area contributed by atoms with Crippen LogP contribution in [0.4, 0.5) is 17.6 Å². The molecule has 148 valence electrons. The number of halogens is 4. The summed E-state index contributed by atoms with van der Waals surface area (Å²) in [5.41, 5.74) is -0.872. The lowest BCUT2D eigenvalue weighted by atomic mass is 10.1. The van der Waals surface area contributed by atoms with Crippen LogP contribution in [0.2, 0.25) is 0 Å². The van der Waals surface area contributed by atoms with Crippen molar-refractivity contribution < 1.29 is 26.0 Å². The van der Waals surface area contributed by atoms with Gasteiger partial charge in [-0.25, -0.2) is 12.8 Å². The van der Waals surface area contributed by atoms with E-state index in [4.69, 9.17) is 0 Å². The molecule has 0 bridgehead atoms. The first kappa shape index (κ1) is 21.1. The van der Waals surface area contributed by atoms with Crippen LogP contribution in [-0.4, -0.2) is 30.0 Å². The van der Waals surface area contributed by atoms with E-state index in [0.29, 0.717) is 4.31 Å². The van der Waals surface area contributed by atoms with Gasteiger partial charge in [-0.05, 0) is 30.7 Å². The normalized spacial score (nSPS) is 13.7. The maximum atomic E-state index is 13.7. The molecule has 1 atom stereocenters. The molecule has 0 fully saturated rings. The van der Waals surface area contributed by atoms with E-state index in [2.05, 4.69) is 0 Å². The monoisotopic (exact) mass is 406 g/mol. The predicted molar refractivity (Wildman–Crippen MR) is 91.1 cm³/mol. The van der Waals surface area contributed by atoms with Crippen molar-refractivity contribution in [2.45, 2.75) is 37.5 Å². The van der Waals surface area contributed by atoms with Gasteiger partial charge in [0.1, 0.15) is 11.9 Å². The average molecular weight is 406 g/mol. The number of aromatic nitrogens is 1. The van der Waals surface area contributed by atoms with Crippen LogP contribution in [0.1, 0.15) is 25.5 Å². The summed E-state index contributed by atoms with van der Waals surface area (Å²) in [4.78, 5) is 11.2. The molecule has 1 heterocycles. The maximum Gasteiger partial charge on any atom is 0.409 e. The molecule has 0 aliphatic heterocycles. The third-order valence-electron chi connectivity index (χ3n) is 4.00. The highest BCUT2D eigenvalue weighted by Crippen LogP contribution is 2.40. The Morgan fingerprint density at radius 3 is 2.15 bits per heavy atom. The molecule has 1 aromatic carbocycles. The number of aryl methyl sites for hydroxylation is 1. The zero-order valence-electron chi connectivity index (χ0n) is 14.6. The highest BCUT2D eigenvalue weighted by molar-refractivity contribution is 7.89. The summed E-state index contributed by atoms with van der Waals surface area (Å²) in [5, 5.41) is 0. The van der Waals surface area contributed by atoms with Crippen LogP contribution in [0.15, 0.2) is 52.3 Å². The fourth-order valence-corrected chi connectivity index (χ4v) is 4.33. The molecule has 2 aromatic rings. The van der Waals surface area contributed by atoms with Crippen LogP contribution < -0.4 is 5.56 Å². The Kier molecular flexibility index (Phi) is 6.10. The van der Waals surface area contributed by atoms with Crippen LogP contribution in [0, 0.1) is 5.82 Å². The number of benzene rings is 1. The van der Waals surface area contributed by atoms with Gasteiger partial charge in [0.25, 0.3) is 5.56 Å². The summed E-state index contributed by atoms with van der Waals surface area (Å²) < 4.78 is 81.5. The summed E-state index contributed by atoms with van der Waals surface area (Å²) in [6, 6.07) is 2.96. The maximum absolute atomic E-state index is 13.7. The van der Waals surface area contributed by atoms with Gasteiger partial charge in [-0.2, -0.15) is 17.5 Å². The minimum absolute atomic E-state index is 0.162. The van der Waals surface area contributed by atoms with Crippen LogP contribution in [0.25, 0.3) is 0 Å². The second kappa shape index (κ2) is 7.81. The molecule has 0 N–H and O–H groups in total. The van der Waals surface area contributed by atoms with Gasteiger partial charge in [-0.1, -0.05) is 19.1 Å². The lowest BCUT2D eigenvalue weighted by Crippen LogP contribution is -2.42. The summed E-state index contributed by atoms with van der Waals surface area (Å²) in [6.45, 7) is 2.56. The SMILES string of the molecule is CCN(C(c1ccc(F)cc1)C(F)(F)F)S(=O)(=O)c1ccc(=O)n(CC)c1.